The molecule has 0 heterocycles. The van der Waals surface area contributed by atoms with Gasteiger partial charge in [0.15, 0.2) is 0 Å². The highest BCUT2D eigenvalue weighted by Crippen LogP contribution is 2.21. The van der Waals surface area contributed by atoms with E-state index in [1.807, 2.05) is 30.3 Å². The summed E-state index contributed by atoms with van der Waals surface area (Å²) in [5.41, 5.74) is 1.79. The summed E-state index contributed by atoms with van der Waals surface area (Å²) in [5, 5.41) is 17.0. The van der Waals surface area contributed by atoms with Crippen molar-refractivity contribution in [3.05, 3.63) is 94.0 Å². The lowest BCUT2D eigenvalue weighted by Gasteiger charge is -2.09. The maximum absolute atomic E-state index is 12.5. The monoisotopic (exact) mass is 391 g/mol. The fourth-order valence-electron chi connectivity index (χ4n) is 2.61. The first-order chi connectivity index (χ1) is 14.0. The van der Waals surface area contributed by atoms with Crippen LogP contribution < -0.4 is 10.6 Å². The van der Waals surface area contributed by atoms with E-state index in [-0.39, 0.29) is 16.8 Å². The number of non-ortho nitro benzene ring substituents is 1. The van der Waals surface area contributed by atoms with Gasteiger partial charge < -0.3 is 15.4 Å². The molecule has 0 radical (unpaired) electrons. The molecular weight excluding hydrogens is 374 g/mol. The maximum atomic E-state index is 12.5. The van der Waals surface area contributed by atoms with Gasteiger partial charge >= 0.3 is 5.97 Å². The minimum atomic E-state index is -0.765. The van der Waals surface area contributed by atoms with Gasteiger partial charge in [-0.15, -0.1) is 0 Å². The van der Waals surface area contributed by atoms with Crippen molar-refractivity contribution in [1.29, 1.82) is 0 Å². The van der Waals surface area contributed by atoms with Crippen LogP contribution in [0.4, 0.5) is 22.7 Å². The first kappa shape index (κ1) is 19.6. The van der Waals surface area contributed by atoms with Gasteiger partial charge in [0.1, 0.15) is 0 Å². The van der Waals surface area contributed by atoms with Crippen LogP contribution in [0.5, 0.6) is 0 Å². The van der Waals surface area contributed by atoms with Gasteiger partial charge in [-0.1, -0.05) is 18.2 Å². The molecule has 3 aromatic carbocycles. The normalized spacial score (nSPS) is 10.1. The number of rotatable bonds is 6. The highest BCUT2D eigenvalue weighted by atomic mass is 16.6. The number of hydrogen-bond donors (Lipinski definition) is 2. The molecule has 2 N–H and O–H groups in total. The summed E-state index contributed by atoms with van der Waals surface area (Å²) in [6, 6.07) is 20.0. The van der Waals surface area contributed by atoms with E-state index in [0.29, 0.717) is 5.69 Å². The number of benzene rings is 3. The number of amides is 1. The van der Waals surface area contributed by atoms with Crippen molar-refractivity contribution < 1.29 is 19.2 Å². The largest absolute Gasteiger partial charge is 0.465 e. The van der Waals surface area contributed by atoms with Crippen LogP contribution in [0, 0.1) is 10.1 Å². The van der Waals surface area contributed by atoms with E-state index >= 15 is 0 Å². The van der Waals surface area contributed by atoms with Gasteiger partial charge in [0.25, 0.3) is 11.6 Å². The molecule has 0 aliphatic heterocycles. The Hall–Kier alpha value is -4.20. The number of nitro groups is 1. The Morgan fingerprint density at radius 2 is 1.45 bits per heavy atom. The van der Waals surface area contributed by atoms with Crippen molar-refractivity contribution in [1.82, 2.24) is 0 Å². The number of nitro benzene ring substituents is 1. The summed E-state index contributed by atoms with van der Waals surface area (Å²) in [7, 11) is 1.16. The van der Waals surface area contributed by atoms with Gasteiger partial charge in [0, 0.05) is 34.8 Å². The van der Waals surface area contributed by atoms with E-state index in [1.165, 1.54) is 6.07 Å². The molecule has 0 saturated heterocycles. The Balaban J connectivity index is 1.76. The number of para-hydroxylation sites is 1. The Morgan fingerprint density at radius 1 is 0.862 bits per heavy atom. The van der Waals surface area contributed by atoms with E-state index in [1.54, 1.807) is 24.3 Å². The van der Waals surface area contributed by atoms with Crippen LogP contribution in [-0.2, 0) is 4.74 Å². The van der Waals surface area contributed by atoms with Crippen molar-refractivity contribution in [3.8, 4) is 0 Å². The van der Waals surface area contributed by atoms with Gasteiger partial charge in [0.2, 0.25) is 0 Å². The number of methoxy groups -OCH3 is 1. The minimum Gasteiger partial charge on any atom is -0.465 e. The molecular formula is C21H17N3O5. The third kappa shape index (κ3) is 4.95. The van der Waals surface area contributed by atoms with Gasteiger partial charge in [0.05, 0.1) is 17.6 Å². The number of nitrogens with one attached hydrogen (secondary N) is 2. The molecule has 1 amide bonds. The Labute approximate surface area is 166 Å². The van der Waals surface area contributed by atoms with E-state index in [2.05, 4.69) is 15.4 Å². The first-order valence-electron chi connectivity index (χ1n) is 8.57. The SMILES string of the molecule is COC(=O)c1cc(C(=O)Nc2ccc(Nc3ccccc3)cc2)cc([N+](=O)[O-])c1. The van der Waals surface area contributed by atoms with E-state index < -0.39 is 16.8 Å². The number of carbonyl (C=O) groups is 2. The zero-order valence-electron chi connectivity index (χ0n) is 15.4. The van der Waals surface area contributed by atoms with Crippen molar-refractivity contribution in [2.75, 3.05) is 17.7 Å². The number of anilines is 3. The molecule has 146 valence electrons. The average molecular weight is 391 g/mol. The quantitative estimate of drug-likeness (QED) is 0.367. The second kappa shape index (κ2) is 8.66. The molecule has 29 heavy (non-hydrogen) atoms. The first-order valence-corrected chi connectivity index (χ1v) is 8.57. The number of hydrogen-bond acceptors (Lipinski definition) is 6. The second-order valence-corrected chi connectivity index (χ2v) is 6.04. The molecule has 3 rings (SSSR count). The predicted octanol–water partition coefficient (Wildman–Crippen LogP) is 4.38. The molecule has 8 nitrogen and oxygen atoms in total. The van der Waals surface area contributed by atoms with E-state index in [0.717, 1.165) is 30.6 Å². The third-order valence-corrected chi connectivity index (χ3v) is 4.02. The Morgan fingerprint density at radius 3 is 2.07 bits per heavy atom. The molecule has 8 heteroatoms. The van der Waals surface area contributed by atoms with Crippen LogP contribution in [0.15, 0.2) is 72.8 Å². The summed E-state index contributed by atoms with van der Waals surface area (Å²) < 4.78 is 4.59. The standard InChI is InChI=1S/C21H17N3O5/c1-29-21(26)15-11-14(12-19(13-15)24(27)28)20(25)23-18-9-7-17(8-10-18)22-16-5-3-2-4-6-16/h2-13,22H,1H3,(H,23,25). The van der Waals surface area contributed by atoms with Gasteiger partial charge in [-0.2, -0.15) is 0 Å². The fourth-order valence-corrected chi connectivity index (χ4v) is 2.61. The van der Waals surface area contributed by atoms with Crippen LogP contribution in [0.1, 0.15) is 20.7 Å². The summed E-state index contributed by atoms with van der Waals surface area (Å²) in [6.07, 6.45) is 0. The predicted molar refractivity (Wildman–Crippen MR) is 109 cm³/mol. The lowest BCUT2D eigenvalue weighted by Crippen LogP contribution is -2.14. The highest BCUT2D eigenvalue weighted by molar-refractivity contribution is 6.06. The molecule has 0 fully saturated rings. The van der Waals surface area contributed by atoms with Crippen LogP contribution in [0.25, 0.3) is 0 Å². The fraction of sp³-hybridized carbons (Fsp3) is 0.0476. The minimum absolute atomic E-state index is 0.0221. The topological polar surface area (TPSA) is 111 Å². The molecule has 3 aromatic rings. The van der Waals surface area contributed by atoms with E-state index in [9.17, 15) is 19.7 Å². The van der Waals surface area contributed by atoms with Gasteiger partial charge in [-0.25, -0.2) is 4.79 Å². The molecule has 0 unspecified atom stereocenters. The Kier molecular flexibility index (Phi) is 5.84. The molecule has 0 aromatic heterocycles. The lowest BCUT2D eigenvalue weighted by atomic mass is 10.1. The van der Waals surface area contributed by atoms with Gasteiger partial charge in [-0.05, 0) is 42.5 Å². The summed E-state index contributed by atoms with van der Waals surface area (Å²) in [6.45, 7) is 0. The maximum Gasteiger partial charge on any atom is 0.338 e. The Bertz CT molecular complexity index is 1050. The summed E-state index contributed by atoms with van der Waals surface area (Å²) in [4.78, 5) is 34.7. The van der Waals surface area contributed by atoms with Crippen LogP contribution in [-0.4, -0.2) is 23.9 Å². The number of carbonyl (C=O) groups excluding carboxylic acids is 2. The number of nitrogens with zero attached hydrogens (tertiary/aromatic N) is 1. The molecule has 0 bridgehead atoms. The van der Waals surface area contributed by atoms with Crippen molar-refractivity contribution in [3.63, 3.8) is 0 Å². The lowest BCUT2D eigenvalue weighted by molar-refractivity contribution is -0.384. The van der Waals surface area contributed by atoms with Crippen LogP contribution >= 0.6 is 0 Å². The summed E-state index contributed by atoms with van der Waals surface area (Å²) >= 11 is 0. The van der Waals surface area contributed by atoms with Crippen molar-refractivity contribution in [2.45, 2.75) is 0 Å². The van der Waals surface area contributed by atoms with Crippen molar-refractivity contribution in [2.24, 2.45) is 0 Å². The molecule has 0 atom stereocenters. The van der Waals surface area contributed by atoms with E-state index in [4.69, 9.17) is 0 Å². The highest BCUT2D eigenvalue weighted by Gasteiger charge is 2.18. The van der Waals surface area contributed by atoms with Gasteiger partial charge in [-0.3, -0.25) is 14.9 Å². The van der Waals surface area contributed by atoms with Crippen LogP contribution in [0.2, 0.25) is 0 Å². The molecule has 0 spiro atoms. The summed E-state index contributed by atoms with van der Waals surface area (Å²) in [5.74, 6) is -1.35. The number of esters is 1. The third-order valence-electron chi connectivity index (χ3n) is 4.02. The molecule has 0 aliphatic rings. The zero-order valence-corrected chi connectivity index (χ0v) is 15.4. The number of ether oxygens (including phenoxy) is 1. The molecule has 0 aliphatic carbocycles. The van der Waals surface area contributed by atoms with Crippen molar-refractivity contribution >= 4 is 34.6 Å². The smallest absolute Gasteiger partial charge is 0.338 e. The molecule has 0 saturated carbocycles. The average Bonchev–Trinajstić information content (AvgIpc) is 2.74. The van der Waals surface area contributed by atoms with Crippen LogP contribution in [0.3, 0.4) is 0 Å². The second-order valence-electron chi connectivity index (χ2n) is 6.04. The zero-order chi connectivity index (χ0) is 20.8.